The first kappa shape index (κ1) is 25.4. The van der Waals surface area contributed by atoms with E-state index in [1.165, 1.54) is 29.4 Å². The normalized spacial score (nSPS) is 15.8. The zero-order valence-corrected chi connectivity index (χ0v) is 20.0. The van der Waals surface area contributed by atoms with Crippen molar-refractivity contribution in [2.24, 2.45) is 0 Å². The summed E-state index contributed by atoms with van der Waals surface area (Å²) in [5.41, 5.74) is 0.716. The van der Waals surface area contributed by atoms with E-state index in [4.69, 9.17) is 20.8 Å². The zero-order valence-electron chi connectivity index (χ0n) is 19.3. The van der Waals surface area contributed by atoms with Crippen LogP contribution < -0.4 is 15.5 Å². The number of furan rings is 1. The number of amides is 3. The second-order valence-corrected chi connectivity index (χ2v) is 8.62. The van der Waals surface area contributed by atoms with E-state index >= 15 is 0 Å². The molecule has 1 aliphatic rings. The van der Waals surface area contributed by atoms with Crippen molar-refractivity contribution in [1.29, 1.82) is 0 Å². The van der Waals surface area contributed by atoms with E-state index < -0.39 is 36.1 Å². The van der Waals surface area contributed by atoms with Gasteiger partial charge in [-0.05, 0) is 48.7 Å². The highest BCUT2D eigenvalue weighted by atomic mass is 35.5. The van der Waals surface area contributed by atoms with Gasteiger partial charge in [-0.15, -0.1) is 0 Å². The summed E-state index contributed by atoms with van der Waals surface area (Å²) < 4.78 is 24.6. The lowest BCUT2D eigenvalue weighted by atomic mass is 10.0. The molecule has 1 aliphatic heterocycles. The average molecular weight is 514 g/mol. The minimum absolute atomic E-state index is 0.0353. The highest BCUT2D eigenvalue weighted by molar-refractivity contribution is 6.31. The lowest BCUT2D eigenvalue weighted by molar-refractivity contribution is -0.126. The average Bonchev–Trinajstić information content (AvgIpc) is 3.61. The van der Waals surface area contributed by atoms with Crippen molar-refractivity contribution in [1.82, 2.24) is 10.6 Å². The molecule has 0 spiro atoms. The molecule has 2 heterocycles. The van der Waals surface area contributed by atoms with Crippen LogP contribution in [0, 0.1) is 5.82 Å². The van der Waals surface area contributed by atoms with Gasteiger partial charge in [0.15, 0.2) is 5.76 Å². The van der Waals surface area contributed by atoms with Crippen molar-refractivity contribution >= 4 is 35.0 Å². The van der Waals surface area contributed by atoms with Crippen LogP contribution in [0.2, 0.25) is 5.02 Å². The van der Waals surface area contributed by atoms with Crippen molar-refractivity contribution < 1.29 is 27.9 Å². The fourth-order valence-corrected chi connectivity index (χ4v) is 4.15. The topological polar surface area (TPSA) is 101 Å². The van der Waals surface area contributed by atoms with Crippen LogP contribution in [0.3, 0.4) is 0 Å². The van der Waals surface area contributed by atoms with E-state index in [-0.39, 0.29) is 29.1 Å². The molecule has 2 atom stereocenters. The van der Waals surface area contributed by atoms with Crippen molar-refractivity contribution in [2.75, 3.05) is 24.6 Å². The minimum Gasteiger partial charge on any atom is -0.459 e. The monoisotopic (exact) mass is 513 g/mol. The Labute approximate surface area is 212 Å². The van der Waals surface area contributed by atoms with Crippen LogP contribution in [-0.2, 0) is 14.3 Å². The van der Waals surface area contributed by atoms with Gasteiger partial charge in [0.25, 0.3) is 5.91 Å². The van der Waals surface area contributed by atoms with Gasteiger partial charge in [-0.3, -0.25) is 19.3 Å². The Kier molecular flexibility index (Phi) is 8.35. The predicted octanol–water partition coefficient (Wildman–Crippen LogP) is 3.87. The van der Waals surface area contributed by atoms with E-state index in [0.717, 1.165) is 18.9 Å². The van der Waals surface area contributed by atoms with Crippen molar-refractivity contribution in [3.05, 3.63) is 89.1 Å². The molecule has 0 saturated carbocycles. The molecule has 8 nitrogen and oxygen atoms in total. The van der Waals surface area contributed by atoms with Gasteiger partial charge in [-0.1, -0.05) is 41.9 Å². The number of halogens is 2. The first-order valence-corrected chi connectivity index (χ1v) is 11.8. The molecule has 2 unspecified atom stereocenters. The molecule has 0 radical (unpaired) electrons. The summed E-state index contributed by atoms with van der Waals surface area (Å²) in [6, 6.07) is 14.3. The Hall–Kier alpha value is -3.69. The van der Waals surface area contributed by atoms with Crippen molar-refractivity contribution in [3.8, 4) is 0 Å². The van der Waals surface area contributed by atoms with Crippen LogP contribution in [-0.4, -0.2) is 43.5 Å². The molecule has 4 rings (SSSR count). The quantitative estimate of drug-likeness (QED) is 0.452. The third kappa shape index (κ3) is 6.10. The van der Waals surface area contributed by atoms with Crippen LogP contribution in [0.1, 0.15) is 35.0 Å². The number of carbonyl (C=O) groups excluding carboxylic acids is 3. The highest BCUT2D eigenvalue weighted by Gasteiger charge is 2.34. The Morgan fingerprint density at radius 1 is 1.08 bits per heavy atom. The summed E-state index contributed by atoms with van der Waals surface area (Å²) in [5.74, 6) is -2.29. The van der Waals surface area contributed by atoms with Crippen LogP contribution in [0.5, 0.6) is 0 Å². The van der Waals surface area contributed by atoms with Crippen molar-refractivity contribution in [2.45, 2.75) is 25.0 Å². The van der Waals surface area contributed by atoms with Crippen LogP contribution in [0.25, 0.3) is 0 Å². The molecular weight excluding hydrogens is 489 g/mol. The second kappa shape index (κ2) is 11.8. The SMILES string of the molecule is O=C(NCC(=O)N(c1ccc(F)c(Cl)c1)C(C(=O)NCC1CCCO1)c1ccccc1)c1ccco1. The summed E-state index contributed by atoms with van der Waals surface area (Å²) in [5, 5.41) is 5.16. The largest absolute Gasteiger partial charge is 0.459 e. The summed E-state index contributed by atoms with van der Waals surface area (Å²) >= 11 is 6.02. The van der Waals surface area contributed by atoms with E-state index in [9.17, 15) is 18.8 Å². The van der Waals surface area contributed by atoms with Gasteiger partial charge in [0.2, 0.25) is 11.8 Å². The molecule has 0 bridgehead atoms. The van der Waals surface area contributed by atoms with Crippen molar-refractivity contribution in [3.63, 3.8) is 0 Å². The number of hydrogen-bond donors (Lipinski definition) is 2. The van der Waals surface area contributed by atoms with Crippen LogP contribution in [0.4, 0.5) is 10.1 Å². The third-order valence-corrected chi connectivity index (χ3v) is 6.03. The number of carbonyl (C=O) groups is 3. The van der Waals surface area contributed by atoms with E-state index in [0.29, 0.717) is 12.2 Å². The van der Waals surface area contributed by atoms with Gasteiger partial charge >= 0.3 is 0 Å². The lowest BCUT2D eigenvalue weighted by Crippen LogP contribution is -2.48. The van der Waals surface area contributed by atoms with Gasteiger partial charge in [0.05, 0.1) is 23.9 Å². The summed E-state index contributed by atoms with van der Waals surface area (Å²) in [7, 11) is 0. The summed E-state index contributed by atoms with van der Waals surface area (Å²) in [4.78, 5) is 40.6. The van der Waals surface area contributed by atoms with E-state index in [1.807, 2.05) is 0 Å². The Bertz CT molecular complexity index is 1200. The van der Waals surface area contributed by atoms with E-state index in [1.54, 1.807) is 36.4 Å². The summed E-state index contributed by atoms with van der Waals surface area (Å²) in [6.45, 7) is 0.469. The highest BCUT2D eigenvalue weighted by Crippen LogP contribution is 2.31. The minimum atomic E-state index is -1.12. The zero-order chi connectivity index (χ0) is 25.5. The van der Waals surface area contributed by atoms with Crippen LogP contribution in [0.15, 0.2) is 71.3 Å². The maximum absolute atomic E-state index is 14.0. The molecule has 3 amide bonds. The molecule has 2 aromatic carbocycles. The van der Waals surface area contributed by atoms with Crippen LogP contribution >= 0.6 is 11.6 Å². The van der Waals surface area contributed by atoms with Gasteiger partial charge in [0, 0.05) is 18.8 Å². The number of ether oxygens (including phenoxy) is 1. The van der Waals surface area contributed by atoms with Gasteiger partial charge in [0.1, 0.15) is 11.9 Å². The van der Waals surface area contributed by atoms with Gasteiger partial charge < -0.3 is 19.8 Å². The number of nitrogens with zero attached hydrogens (tertiary/aromatic N) is 1. The molecule has 10 heteroatoms. The molecule has 2 N–H and O–H groups in total. The predicted molar refractivity (Wildman–Crippen MR) is 131 cm³/mol. The number of benzene rings is 2. The number of nitrogens with one attached hydrogen (secondary N) is 2. The first-order chi connectivity index (χ1) is 17.4. The fraction of sp³-hybridized carbons (Fsp3) is 0.269. The first-order valence-electron chi connectivity index (χ1n) is 11.5. The molecule has 0 aliphatic carbocycles. The Morgan fingerprint density at radius 2 is 1.89 bits per heavy atom. The Morgan fingerprint density at radius 3 is 2.56 bits per heavy atom. The maximum Gasteiger partial charge on any atom is 0.287 e. The maximum atomic E-state index is 14.0. The molecule has 1 saturated heterocycles. The molecule has 36 heavy (non-hydrogen) atoms. The molecular formula is C26H25ClFN3O5. The standard InChI is InChI=1S/C26H25ClFN3O5/c27-20-14-18(10-11-21(20)28)31(23(32)16-30-25(33)22-9-5-13-36-22)24(17-6-2-1-3-7-17)26(34)29-15-19-8-4-12-35-19/h1-3,5-7,9-11,13-14,19,24H,4,8,12,15-16H2,(H,29,34)(H,30,33). The van der Waals surface area contributed by atoms with Gasteiger partial charge in [-0.2, -0.15) is 0 Å². The number of rotatable bonds is 9. The molecule has 188 valence electrons. The second-order valence-electron chi connectivity index (χ2n) is 8.22. The molecule has 1 fully saturated rings. The number of hydrogen-bond acceptors (Lipinski definition) is 5. The Balaban J connectivity index is 1.65. The van der Waals surface area contributed by atoms with E-state index in [2.05, 4.69) is 10.6 Å². The number of anilines is 1. The molecule has 1 aromatic heterocycles. The molecule has 3 aromatic rings. The smallest absolute Gasteiger partial charge is 0.287 e. The lowest BCUT2D eigenvalue weighted by Gasteiger charge is -2.32. The third-order valence-electron chi connectivity index (χ3n) is 5.74. The summed E-state index contributed by atoms with van der Waals surface area (Å²) in [6.07, 6.45) is 2.97. The van der Waals surface area contributed by atoms with Gasteiger partial charge in [-0.25, -0.2) is 4.39 Å². The fourth-order valence-electron chi connectivity index (χ4n) is 3.98.